The number of piperidine rings is 1. The highest BCUT2D eigenvalue weighted by molar-refractivity contribution is 5.95. The van der Waals surface area contributed by atoms with Crippen molar-refractivity contribution in [1.29, 1.82) is 0 Å². The number of hydrogen-bond donors (Lipinski definition) is 1. The van der Waals surface area contributed by atoms with Crippen LogP contribution in [-0.4, -0.2) is 29.9 Å². The molecule has 1 heterocycles. The van der Waals surface area contributed by atoms with E-state index in [1.54, 1.807) is 11.0 Å². The van der Waals surface area contributed by atoms with Crippen LogP contribution in [0.2, 0.25) is 0 Å². The fourth-order valence-corrected chi connectivity index (χ4v) is 2.62. The third-order valence-electron chi connectivity index (χ3n) is 3.92. The van der Waals surface area contributed by atoms with E-state index in [9.17, 15) is 9.18 Å². The Labute approximate surface area is 113 Å². The average Bonchev–Trinajstić information content (AvgIpc) is 2.41. The van der Waals surface area contributed by atoms with Crippen molar-refractivity contribution in [3.05, 3.63) is 35.1 Å². The van der Waals surface area contributed by atoms with Crippen molar-refractivity contribution in [3.8, 4) is 0 Å². The van der Waals surface area contributed by atoms with Crippen molar-refractivity contribution in [1.82, 2.24) is 4.90 Å². The van der Waals surface area contributed by atoms with Gasteiger partial charge in [0.2, 0.25) is 0 Å². The molecule has 2 rings (SSSR count). The number of nitrogens with two attached hydrogens (primary N) is 1. The summed E-state index contributed by atoms with van der Waals surface area (Å²) in [7, 11) is 0. The minimum absolute atomic E-state index is 0.0812. The maximum atomic E-state index is 13.3. The number of amides is 1. The highest BCUT2D eigenvalue weighted by Crippen LogP contribution is 2.22. The fraction of sp³-hybridized carbons (Fsp3) is 0.533. The number of hydrogen-bond acceptors (Lipinski definition) is 2. The summed E-state index contributed by atoms with van der Waals surface area (Å²) in [4.78, 5) is 14.3. The van der Waals surface area contributed by atoms with Gasteiger partial charge in [0.25, 0.3) is 5.91 Å². The van der Waals surface area contributed by atoms with E-state index in [2.05, 4.69) is 0 Å². The van der Waals surface area contributed by atoms with Gasteiger partial charge in [-0.2, -0.15) is 0 Å². The van der Waals surface area contributed by atoms with Crippen LogP contribution in [0.15, 0.2) is 18.2 Å². The standard InChI is InChI=1S/C15H21FN2O/c1-10-5-6-13(16)8-14(10)15(19)18-7-3-4-12(9-18)11(2)17/h5-6,8,11-12H,3-4,7,9,17H2,1-2H3. The van der Waals surface area contributed by atoms with Gasteiger partial charge >= 0.3 is 0 Å². The third-order valence-corrected chi connectivity index (χ3v) is 3.92. The van der Waals surface area contributed by atoms with E-state index in [0.29, 0.717) is 18.0 Å². The number of nitrogens with zero attached hydrogens (tertiary/aromatic N) is 1. The van der Waals surface area contributed by atoms with Crippen molar-refractivity contribution in [2.45, 2.75) is 32.7 Å². The second-order valence-electron chi connectivity index (χ2n) is 5.47. The van der Waals surface area contributed by atoms with E-state index in [0.717, 1.165) is 24.9 Å². The number of carbonyl (C=O) groups is 1. The summed E-state index contributed by atoms with van der Waals surface area (Å²) >= 11 is 0. The third kappa shape index (κ3) is 3.13. The Morgan fingerprint density at radius 3 is 2.95 bits per heavy atom. The molecule has 1 saturated heterocycles. The maximum Gasteiger partial charge on any atom is 0.254 e. The first-order chi connectivity index (χ1) is 8.99. The summed E-state index contributed by atoms with van der Waals surface area (Å²) in [5.41, 5.74) is 7.20. The summed E-state index contributed by atoms with van der Waals surface area (Å²) in [6.45, 7) is 5.22. The van der Waals surface area contributed by atoms with Crippen LogP contribution in [0.5, 0.6) is 0 Å². The molecule has 1 aromatic rings. The van der Waals surface area contributed by atoms with Gasteiger partial charge in [-0.15, -0.1) is 0 Å². The SMILES string of the molecule is Cc1ccc(F)cc1C(=O)N1CCCC(C(C)N)C1. The summed E-state index contributed by atoms with van der Waals surface area (Å²) in [6.07, 6.45) is 2.02. The van der Waals surface area contributed by atoms with E-state index in [-0.39, 0.29) is 17.8 Å². The van der Waals surface area contributed by atoms with Crippen molar-refractivity contribution >= 4 is 5.91 Å². The van der Waals surface area contributed by atoms with Crippen LogP contribution in [0.25, 0.3) is 0 Å². The molecule has 0 aromatic heterocycles. The molecule has 2 atom stereocenters. The summed E-state index contributed by atoms with van der Waals surface area (Å²) in [5, 5.41) is 0. The molecule has 0 aliphatic carbocycles. The molecule has 1 aliphatic heterocycles. The smallest absolute Gasteiger partial charge is 0.254 e. The van der Waals surface area contributed by atoms with Gasteiger partial charge in [-0.25, -0.2) is 4.39 Å². The molecule has 1 fully saturated rings. The number of carbonyl (C=O) groups excluding carboxylic acids is 1. The minimum Gasteiger partial charge on any atom is -0.338 e. The Bertz CT molecular complexity index is 473. The van der Waals surface area contributed by atoms with E-state index < -0.39 is 0 Å². The van der Waals surface area contributed by atoms with Crippen LogP contribution >= 0.6 is 0 Å². The number of benzene rings is 1. The number of aryl methyl sites for hydroxylation is 1. The molecule has 1 aromatic carbocycles. The van der Waals surface area contributed by atoms with Gasteiger partial charge in [0.15, 0.2) is 0 Å². The van der Waals surface area contributed by atoms with Gasteiger partial charge in [0.1, 0.15) is 5.82 Å². The minimum atomic E-state index is -0.366. The average molecular weight is 264 g/mol. The molecule has 1 aliphatic rings. The van der Waals surface area contributed by atoms with Crippen LogP contribution in [0.3, 0.4) is 0 Å². The molecule has 4 heteroatoms. The Morgan fingerprint density at radius 1 is 1.53 bits per heavy atom. The first-order valence-corrected chi connectivity index (χ1v) is 6.80. The lowest BCUT2D eigenvalue weighted by Crippen LogP contribution is -2.45. The van der Waals surface area contributed by atoms with Crippen molar-refractivity contribution in [2.75, 3.05) is 13.1 Å². The van der Waals surface area contributed by atoms with Gasteiger partial charge in [-0.1, -0.05) is 6.07 Å². The Hall–Kier alpha value is -1.42. The van der Waals surface area contributed by atoms with Crippen molar-refractivity contribution in [3.63, 3.8) is 0 Å². The van der Waals surface area contributed by atoms with Gasteiger partial charge in [-0.3, -0.25) is 4.79 Å². The number of likely N-dealkylation sites (tertiary alicyclic amines) is 1. The monoisotopic (exact) mass is 264 g/mol. The fourth-order valence-electron chi connectivity index (χ4n) is 2.62. The molecule has 1 amide bonds. The summed E-state index contributed by atoms with van der Waals surface area (Å²) < 4.78 is 13.3. The van der Waals surface area contributed by atoms with E-state index in [4.69, 9.17) is 5.73 Å². The molecular formula is C15H21FN2O. The van der Waals surface area contributed by atoms with Gasteiger partial charge < -0.3 is 10.6 Å². The maximum absolute atomic E-state index is 13.3. The number of rotatable bonds is 2. The molecule has 19 heavy (non-hydrogen) atoms. The lowest BCUT2D eigenvalue weighted by Gasteiger charge is -2.35. The molecule has 0 spiro atoms. The predicted molar refractivity (Wildman–Crippen MR) is 73.4 cm³/mol. The lowest BCUT2D eigenvalue weighted by atomic mass is 9.91. The van der Waals surface area contributed by atoms with Crippen LogP contribution in [0.4, 0.5) is 4.39 Å². The lowest BCUT2D eigenvalue weighted by molar-refractivity contribution is 0.0659. The largest absolute Gasteiger partial charge is 0.338 e. The normalized spacial score (nSPS) is 21.3. The van der Waals surface area contributed by atoms with Crippen molar-refractivity contribution < 1.29 is 9.18 Å². The van der Waals surface area contributed by atoms with Crippen molar-refractivity contribution in [2.24, 2.45) is 11.7 Å². The molecule has 0 radical (unpaired) electrons. The summed E-state index contributed by atoms with van der Waals surface area (Å²) in [6, 6.07) is 4.44. The molecule has 0 saturated carbocycles. The zero-order valence-electron chi connectivity index (χ0n) is 11.5. The zero-order chi connectivity index (χ0) is 14.0. The second kappa shape index (κ2) is 5.70. The summed E-state index contributed by atoms with van der Waals surface area (Å²) in [5.74, 6) is -0.108. The molecule has 2 N–H and O–H groups in total. The van der Waals surface area contributed by atoms with E-state index in [1.807, 2.05) is 13.8 Å². The van der Waals surface area contributed by atoms with Gasteiger partial charge in [0.05, 0.1) is 0 Å². The van der Waals surface area contributed by atoms with Gasteiger partial charge in [-0.05, 0) is 50.3 Å². The molecule has 2 unspecified atom stereocenters. The van der Waals surface area contributed by atoms with E-state index in [1.165, 1.54) is 12.1 Å². The van der Waals surface area contributed by atoms with E-state index >= 15 is 0 Å². The predicted octanol–water partition coefficient (Wildman–Crippen LogP) is 2.33. The molecular weight excluding hydrogens is 243 g/mol. The Balaban J connectivity index is 2.17. The Kier molecular flexibility index (Phi) is 4.20. The highest BCUT2D eigenvalue weighted by atomic mass is 19.1. The topological polar surface area (TPSA) is 46.3 Å². The Morgan fingerprint density at radius 2 is 2.26 bits per heavy atom. The van der Waals surface area contributed by atoms with Crippen LogP contribution < -0.4 is 5.73 Å². The quantitative estimate of drug-likeness (QED) is 0.891. The first kappa shape index (κ1) is 14.0. The van der Waals surface area contributed by atoms with Crippen LogP contribution in [-0.2, 0) is 0 Å². The molecule has 0 bridgehead atoms. The molecule has 3 nitrogen and oxygen atoms in total. The zero-order valence-corrected chi connectivity index (χ0v) is 11.5. The second-order valence-corrected chi connectivity index (χ2v) is 5.47. The highest BCUT2D eigenvalue weighted by Gasteiger charge is 2.27. The number of halogens is 1. The molecule has 104 valence electrons. The first-order valence-electron chi connectivity index (χ1n) is 6.80. The van der Waals surface area contributed by atoms with Gasteiger partial charge in [0, 0.05) is 24.7 Å². The van der Waals surface area contributed by atoms with Crippen LogP contribution in [0.1, 0.15) is 35.7 Å². The van der Waals surface area contributed by atoms with Crippen LogP contribution in [0, 0.1) is 18.7 Å².